The molecule has 3 heterocycles. The van der Waals surface area contributed by atoms with Crippen molar-refractivity contribution in [2.24, 2.45) is 12.0 Å². The van der Waals surface area contributed by atoms with Crippen LogP contribution in [0, 0.1) is 0 Å². The van der Waals surface area contributed by atoms with Crippen LogP contribution in [0.3, 0.4) is 0 Å². The number of nitrogens with zero attached hydrogens (tertiary/aromatic N) is 5. The lowest BCUT2D eigenvalue weighted by Crippen LogP contribution is -2.23. The number of hydrogen-bond donors (Lipinski definition) is 0. The van der Waals surface area contributed by atoms with Gasteiger partial charge in [-0.25, -0.2) is 9.79 Å². The maximum atomic E-state index is 11.2. The molecule has 0 saturated carbocycles. The first kappa shape index (κ1) is 9.76. The molecule has 0 unspecified atom stereocenters. The molecule has 0 aliphatic carbocycles. The number of aliphatic imine (C=N–C) groups is 1. The maximum Gasteiger partial charge on any atom is 0.438 e. The van der Waals surface area contributed by atoms with Crippen molar-refractivity contribution < 1.29 is 4.42 Å². The number of pyridine rings is 1. The van der Waals surface area contributed by atoms with E-state index in [-0.39, 0.29) is 6.01 Å². The Balaban J connectivity index is 1.97. The molecule has 0 N–H and O–H groups in total. The summed E-state index contributed by atoms with van der Waals surface area (Å²) in [6.07, 6.45) is 4.97. The zero-order valence-corrected chi connectivity index (χ0v) is 9.07. The largest absolute Gasteiger partial charge is 0.438 e. The Morgan fingerprint density at radius 2 is 2.35 bits per heavy atom. The fourth-order valence-electron chi connectivity index (χ4n) is 1.59. The van der Waals surface area contributed by atoms with E-state index >= 15 is 0 Å². The molecule has 17 heavy (non-hydrogen) atoms. The van der Waals surface area contributed by atoms with Crippen LogP contribution in [-0.2, 0) is 13.6 Å². The number of anilines is 1. The minimum atomic E-state index is -0.492. The predicted molar refractivity (Wildman–Crippen MR) is 60.3 cm³/mol. The van der Waals surface area contributed by atoms with Crippen molar-refractivity contribution in [2.75, 3.05) is 4.90 Å². The van der Waals surface area contributed by atoms with Gasteiger partial charge in [0.15, 0.2) is 0 Å². The van der Waals surface area contributed by atoms with Crippen molar-refractivity contribution >= 4 is 18.0 Å². The van der Waals surface area contributed by atoms with Crippen molar-refractivity contribution in [2.45, 2.75) is 6.54 Å². The monoisotopic (exact) mass is 231 g/mol. The smallest absolute Gasteiger partial charge is 0.373 e. The molecule has 3 rings (SSSR count). The van der Waals surface area contributed by atoms with Crippen LogP contribution >= 0.6 is 0 Å². The summed E-state index contributed by atoms with van der Waals surface area (Å²) in [7, 11) is 1.54. The van der Waals surface area contributed by atoms with Gasteiger partial charge in [0.1, 0.15) is 0 Å². The zero-order valence-electron chi connectivity index (χ0n) is 9.07. The van der Waals surface area contributed by atoms with Crippen LogP contribution in [0.4, 0.5) is 11.7 Å². The average molecular weight is 231 g/mol. The second-order valence-corrected chi connectivity index (χ2v) is 3.65. The van der Waals surface area contributed by atoms with Gasteiger partial charge in [-0.3, -0.25) is 9.88 Å². The molecule has 7 heteroatoms. The van der Waals surface area contributed by atoms with E-state index in [0.29, 0.717) is 6.54 Å². The van der Waals surface area contributed by atoms with Crippen LogP contribution in [-0.4, -0.2) is 21.1 Å². The van der Waals surface area contributed by atoms with E-state index in [1.807, 2.05) is 6.07 Å². The van der Waals surface area contributed by atoms with Gasteiger partial charge in [0, 0.05) is 18.8 Å². The third-order valence-corrected chi connectivity index (χ3v) is 2.49. The topological polar surface area (TPSA) is 76.5 Å². The predicted octanol–water partition coefficient (Wildman–Crippen LogP) is 0.448. The standard InChI is InChI=1S/C10H9N5O2/c1-14-10(16)17-9(13-14)15-5-7-2-3-11-4-8(7)12-6-15/h2-4,6H,5H2,1H3. The molecule has 0 spiro atoms. The summed E-state index contributed by atoms with van der Waals surface area (Å²) < 4.78 is 6.13. The molecule has 0 amide bonds. The first-order valence-electron chi connectivity index (χ1n) is 5.02. The van der Waals surface area contributed by atoms with Crippen LogP contribution in [0.15, 0.2) is 32.7 Å². The molecule has 0 aromatic carbocycles. The summed E-state index contributed by atoms with van der Waals surface area (Å²) >= 11 is 0. The van der Waals surface area contributed by atoms with Crippen LogP contribution in [0.1, 0.15) is 5.56 Å². The summed E-state index contributed by atoms with van der Waals surface area (Å²) in [6.45, 7) is 0.557. The molecule has 1 aliphatic rings. The van der Waals surface area contributed by atoms with E-state index in [9.17, 15) is 4.79 Å². The number of hydrogen-bond acceptors (Lipinski definition) is 6. The van der Waals surface area contributed by atoms with E-state index in [1.165, 1.54) is 7.05 Å². The van der Waals surface area contributed by atoms with Gasteiger partial charge in [0.2, 0.25) is 0 Å². The number of aromatic nitrogens is 3. The van der Waals surface area contributed by atoms with Gasteiger partial charge >= 0.3 is 11.8 Å². The summed E-state index contributed by atoms with van der Waals surface area (Å²) in [5, 5.41) is 3.96. The normalized spacial score (nSPS) is 13.8. The summed E-state index contributed by atoms with van der Waals surface area (Å²) in [5.41, 5.74) is 1.83. The van der Waals surface area contributed by atoms with E-state index in [2.05, 4.69) is 15.1 Å². The Hall–Kier alpha value is -2.44. The highest BCUT2D eigenvalue weighted by Gasteiger charge is 2.18. The zero-order chi connectivity index (χ0) is 11.8. The SMILES string of the molecule is Cn1nc(N2C=Nc3cnccc3C2)oc1=O. The minimum absolute atomic E-state index is 0.240. The fourth-order valence-corrected chi connectivity index (χ4v) is 1.59. The van der Waals surface area contributed by atoms with Gasteiger partial charge in [0.25, 0.3) is 0 Å². The fraction of sp³-hybridized carbons (Fsp3) is 0.200. The van der Waals surface area contributed by atoms with E-state index in [1.54, 1.807) is 23.6 Å². The second kappa shape index (κ2) is 3.55. The number of aryl methyl sites for hydroxylation is 1. The second-order valence-electron chi connectivity index (χ2n) is 3.65. The summed E-state index contributed by atoms with van der Waals surface area (Å²) in [4.78, 5) is 21.1. The van der Waals surface area contributed by atoms with Crippen molar-refractivity contribution in [3.63, 3.8) is 0 Å². The Morgan fingerprint density at radius 1 is 1.47 bits per heavy atom. The maximum absolute atomic E-state index is 11.2. The molecule has 1 aliphatic heterocycles. The van der Waals surface area contributed by atoms with Gasteiger partial charge in [-0.05, 0) is 6.07 Å². The van der Waals surface area contributed by atoms with Crippen LogP contribution in [0.25, 0.3) is 0 Å². The molecule has 86 valence electrons. The van der Waals surface area contributed by atoms with Crippen molar-refractivity contribution in [1.29, 1.82) is 0 Å². The first-order chi connectivity index (χ1) is 8.24. The lowest BCUT2D eigenvalue weighted by Gasteiger charge is -2.19. The Bertz CT molecular complexity index is 642. The Labute approximate surface area is 96.0 Å². The van der Waals surface area contributed by atoms with E-state index in [4.69, 9.17) is 4.42 Å². The number of rotatable bonds is 1. The molecule has 0 atom stereocenters. The van der Waals surface area contributed by atoms with Gasteiger partial charge in [-0.1, -0.05) is 0 Å². The highest BCUT2D eigenvalue weighted by Crippen LogP contribution is 2.24. The molecule has 2 aromatic rings. The molecule has 2 aromatic heterocycles. The molecular weight excluding hydrogens is 222 g/mol. The van der Waals surface area contributed by atoms with Gasteiger partial charge in [-0.15, -0.1) is 5.10 Å². The summed E-state index contributed by atoms with van der Waals surface area (Å²) in [5.74, 6) is -0.492. The first-order valence-corrected chi connectivity index (χ1v) is 5.02. The van der Waals surface area contributed by atoms with Crippen molar-refractivity contribution in [3.8, 4) is 0 Å². The molecule has 0 bridgehead atoms. The molecule has 7 nitrogen and oxygen atoms in total. The average Bonchev–Trinajstić information content (AvgIpc) is 2.69. The Morgan fingerprint density at radius 3 is 3.12 bits per heavy atom. The summed E-state index contributed by atoms with van der Waals surface area (Å²) in [6, 6.07) is 2.11. The van der Waals surface area contributed by atoms with Crippen LogP contribution in [0.5, 0.6) is 0 Å². The van der Waals surface area contributed by atoms with Crippen LogP contribution in [0.2, 0.25) is 0 Å². The molecule has 0 saturated heterocycles. The van der Waals surface area contributed by atoms with E-state index < -0.39 is 5.76 Å². The van der Waals surface area contributed by atoms with Gasteiger partial charge in [-0.2, -0.15) is 4.68 Å². The molecule has 0 radical (unpaired) electrons. The van der Waals surface area contributed by atoms with Gasteiger partial charge < -0.3 is 4.42 Å². The minimum Gasteiger partial charge on any atom is -0.373 e. The molecule has 0 fully saturated rings. The highest BCUT2D eigenvalue weighted by molar-refractivity contribution is 5.80. The number of fused-ring (bicyclic) bond motifs is 1. The third-order valence-electron chi connectivity index (χ3n) is 2.49. The van der Waals surface area contributed by atoms with Gasteiger partial charge in [0.05, 0.1) is 24.8 Å². The highest BCUT2D eigenvalue weighted by atomic mass is 16.4. The van der Waals surface area contributed by atoms with Crippen LogP contribution < -0.4 is 10.7 Å². The lowest BCUT2D eigenvalue weighted by atomic mass is 10.2. The molecular formula is C10H9N5O2. The van der Waals surface area contributed by atoms with E-state index in [0.717, 1.165) is 15.9 Å². The van der Waals surface area contributed by atoms with Crippen molar-refractivity contribution in [1.82, 2.24) is 14.8 Å². The third kappa shape index (κ3) is 1.61. The quantitative estimate of drug-likeness (QED) is 0.712. The Kier molecular flexibility index (Phi) is 2.04. The van der Waals surface area contributed by atoms with Crippen molar-refractivity contribution in [3.05, 3.63) is 34.6 Å². The lowest BCUT2D eigenvalue weighted by molar-refractivity contribution is 0.496.